The van der Waals surface area contributed by atoms with Crippen molar-refractivity contribution < 1.29 is 19.8 Å². The van der Waals surface area contributed by atoms with Gasteiger partial charge in [-0.05, 0) is 6.42 Å². The van der Waals surface area contributed by atoms with Gasteiger partial charge in [0.25, 0.3) is 0 Å². The van der Waals surface area contributed by atoms with Crippen molar-refractivity contribution in [3.63, 3.8) is 0 Å². The number of hydroxylamine groups is 3. The second-order valence-electron chi connectivity index (χ2n) is 3.09. The Morgan fingerprint density at radius 1 is 1.36 bits per heavy atom. The molecule has 0 atom stereocenters. The molecule has 68 valence electrons. The summed E-state index contributed by atoms with van der Waals surface area (Å²) in [4.78, 5) is 9.60. The minimum atomic E-state index is -0.711. The Morgan fingerprint density at radius 3 is 1.64 bits per heavy atom. The van der Waals surface area contributed by atoms with Gasteiger partial charge < -0.3 is 5.11 Å². The van der Waals surface area contributed by atoms with Gasteiger partial charge in [-0.25, -0.2) is 5.21 Å². The number of carbonyl (C=O) groups is 1. The maximum Gasteiger partial charge on any atom is 0.303 e. The topological polar surface area (TPSA) is 57.5 Å². The maximum atomic E-state index is 9.60. The molecule has 0 fully saturated rings. The first-order valence-corrected chi connectivity index (χ1v) is 3.53. The van der Waals surface area contributed by atoms with Crippen LogP contribution in [0.4, 0.5) is 0 Å². The highest BCUT2D eigenvalue weighted by Crippen LogP contribution is 1.82. The molecule has 2 N–H and O–H groups in total. The van der Waals surface area contributed by atoms with Crippen molar-refractivity contribution >= 4 is 5.97 Å². The molecule has 0 aromatic heterocycles. The lowest BCUT2D eigenvalue weighted by Crippen LogP contribution is -2.28. The molecule has 0 bridgehead atoms. The van der Waals surface area contributed by atoms with Crippen molar-refractivity contribution in [2.75, 3.05) is 21.1 Å². The molecule has 0 aliphatic rings. The first-order valence-electron chi connectivity index (χ1n) is 3.53. The molecule has 4 nitrogen and oxygen atoms in total. The van der Waals surface area contributed by atoms with E-state index in [-0.39, 0.29) is 4.65 Å². The smallest absolute Gasteiger partial charge is 0.303 e. The Labute approximate surface area is 67.6 Å². The van der Waals surface area contributed by atoms with Gasteiger partial charge in [0.15, 0.2) is 0 Å². The van der Waals surface area contributed by atoms with Crippen molar-refractivity contribution in [1.82, 2.24) is 0 Å². The molecular weight excluding hydrogens is 146 g/mol. The highest BCUT2D eigenvalue weighted by Gasteiger charge is 1.92. The summed E-state index contributed by atoms with van der Waals surface area (Å²) >= 11 is 0. The quantitative estimate of drug-likeness (QED) is 0.472. The van der Waals surface area contributed by atoms with E-state index in [4.69, 9.17) is 10.3 Å². The molecule has 0 aromatic carbocycles. The van der Waals surface area contributed by atoms with Crippen LogP contribution in [0.5, 0.6) is 0 Å². The molecule has 0 amide bonds. The van der Waals surface area contributed by atoms with E-state index < -0.39 is 5.97 Å². The van der Waals surface area contributed by atoms with E-state index in [0.717, 1.165) is 6.42 Å². The Kier molecular flexibility index (Phi) is 7.24. The third kappa shape index (κ3) is 89.8. The highest BCUT2D eigenvalue weighted by atomic mass is 16.5. The van der Waals surface area contributed by atoms with Crippen molar-refractivity contribution in [3.05, 3.63) is 0 Å². The average molecular weight is 164 g/mol. The average Bonchev–Trinajstić information content (AvgIpc) is 1.58. The van der Waals surface area contributed by atoms with Gasteiger partial charge >= 0.3 is 5.97 Å². The summed E-state index contributed by atoms with van der Waals surface area (Å²) in [7, 11) is 5.04. The van der Waals surface area contributed by atoms with Gasteiger partial charge in [0.2, 0.25) is 0 Å². The van der Waals surface area contributed by atoms with Crippen LogP contribution in [-0.2, 0) is 4.79 Å². The fraction of sp³-hybridized carbons (Fsp3) is 0.857. The van der Waals surface area contributed by atoms with Crippen LogP contribution in [0.3, 0.4) is 0 Å². The third-order valence-electron chi connectivity index (χ3n) is 0.464. The van der Waals surface area contributed by atoms with Crippen LogP contribution >= 0.6 is 0 Å². The molecule has 0 aliphatic heterocycles. The van der Waals surface area contributed by atoms with E-state index in [2.05, 4.69) is 0 Å². The van der Waals surface area contributed by atoms with Gasteiger partial charge in [-0.1, -0.05) is 6.92 Å². The van der Waals surface area contributed by atoms with Gasteiger partial charge in [0.05, 0.1) is 21.1 Å². The molecule has 0 aliphatic carbocycles. The van der Waals surface area contributed by atoms with Crippen molar-refractivity contribution in [2.45, 2.75) is 19.8 Å². The van der Waals surface area contributed by atoms with Gasteiger partial charge in [-0.15, -0.1) is 0 Å². The van der Waals surface area contributed by atoms with Crippen LogP contribution in [0, 0.1) is 0 Å². The molecule has 0 spiro atoms. The van der Waals surface area contributed by atoms with Gasteiger partial charge in [-0.2, -0.15) is 4.65 Å². The van der Waals surface area contributed by atoms with Crippen LogP contribution in [0.1, 0.15) is 19.8 Å². The SMILES string of the molecule is CCCC(=O)O.C[N+](C)(C)O. The fourth-order valence-electron chi connectivity index (χ4n) is 0.214. The Hall–Kier alpha value is -0.610. The first-order chi connectivity index (χ1) is 4.77. The molecule has 0 unspecified atom stereocenters. The standard InChI is InChI=1S/C4H8O2.C3H10NO/c1-2-3-4(5)6;1-4(2,3)5/h2-3H2,1H3,(H,5,6);5H,1-3H3/q;+1. The number of quaternary nitrogens is 1. The zero-order valence-corrected chi connectivity index (χ0v) is 7.66. The lowest BCUT2D eigenvalue weighted by atomic mass is 10.4. The number of carboxylic acids is 1. The number of hydrogen-bond donors (Lipinski definition) is 2. The number of carboxylic acid groups (broad SMARTS) is 1. The summed E-state index contributed by atoms with van der Waals surface area (Å²) < 4.78 is 0. The summed E-state index contributed by atoms with van der Waals surface area (Å²) in [6.45, 7) is 1.84. The van der Waals surface area contributed by atoms with Crippen molar-refractivity contribution in [3.8, 4) is 0 Å². The van der Waals surface area contributed by atoms with Crippen molar-refractivity contribution in [1.29, 1.82) is 0 Å². The summed E-state index contributed by atoms with van der Waals surface area (Å²) in [5.41, 5.74) is 0. The summed E-state index contributed by atoms with van der Waals surface area (Å²) in [6, 6.07) is 0. The third-order valence-corrected chi connectivity index (χ3v) is 0.464. The summed E-state index contributed by atoms with van der Waals surface area (Å²) in [6.07, 6.45) is 1.02. The molecule has 0 aromatic rings. The largest absolute Gasteiger partial charge is 0.481 e. The zero-order chi connectivity index (χ0) is 9.49. The predicted molar refractivity (Wildman–Crippen MR) is 42.4 cm³/mol. The molecule has 0 rings (SSSR count). The van der Waals surface area contributed by atoms with Gasteiger partial charge in [-0.3, -0.25) is 4.79 Å². The monoisotopic (exact) mass is 164 g/mol. The van der Waals surface area contributed by atoms with Gasteiger partial charge in [0, 0.05) is 6.42 Å². The molecule has 0 saturated carbocycles. The van der Waals surface area contributed by atoms with Gasteiger partial charge in [0.1, 0.15) is 0 Å². The second kappa shape index (κ2) is 6.12. The van der Waals surface area contributed by atoms with Crippen LogP contribution in [0.25, 0.3) is 0 Å². The van der Waals surface area contributed by atoms with Crippen LogP contribution in [0.15, 0.2) is 0 Å². The maximum absolute atomic E-state index is 9.60. The van der Waals surface area contributed by atoms with Crippen molar-refractivity contribution in [2.24, 2.45) is 0 Å². The number of aliphatic carboxylic acids is 1. The van der Waals surface area contributed by atoms with Crippen LogP contribution in [0.2, 0.25) is 0 Å². The van der Waals surface area contributed by atoms with E-state index in [9.17, 15) is 4.79 Å². The Balaban J connectivity index is 0. The highest BCUT2D eigenvalue weighted by molar-refractivity contribution is 5.66. The zero-order valence-electron chi connectivity index (χ0n) is 7.66. The van der Waals surface area contributed by atoms with E-state index in [1.54, 1.807) is 21.1 Å². The van der Waals surface area contributed by atoms with E-state index in [0.29, 0.717) is 6.42 Å². The minimum Gasteiger partial charge on any atom is -0.481 e. The Bertz CT molecular complexity index is 101. The predicted octanol–water partition coefficient (Wildman–Crippen LogP) is 0.953. The number of rotatable bonds is 2. The van der Waals surface area contributed by atoms with E-state index >= 15 is 0 Å². The van der Waals surface area contributed by atoms with E-state index in [1.807, 2.05) is 6.92 Å². The number of hydrogen-bond acceptors (Lipinski definition) is 2. The van der Waals surface area contributed by atoms with E-state index in [1.165, 1.54) is 0 Å². The molecule has 11 heavy (non-hydrogen) atoms. The Morgan fingerprint density at radius 2 is 1.64 bits per heavy atom. The minimum absolute atomic E-state index is 0. The number of nitrogens with zero attached hydrogens (tertiary/aromatic N) is 1. The normalized spacial score (nSPS) is 9.91. The lowest BCUT2D eigenvalue weighted by Gasteiger charge is -2.09. The van der Waals surface area contributed by atoms with Crippen LogP contribution in [-0.4, -0.2) is 42.1 Å². The molecular formula is C7H18NO3+. The summed E-state index contributed by atoms with van der Waals surface area (Å²) in [5, 5.41) is 16.4. The lowest BCUT2D eigenvalue weighted by molar-refractivity contribution is -1.06. The first kappa shape index (κ1) is 13.0. The molecule has 0 heterocycles. The fourth-order valence-corrected chi connectivity index (χ4v) is 0.214. The molecule has 0 radical (unpaired) electrons. The molecule has 4 heteroatoms. The van der Waals surface area contributed by atoms with Crippen LogP contribution < -0.4 is 0 Å². The summed E-state index contributed by atoms with van der Waals surface area (Å²) in [5.74, 6) is -0.711. The molecule has 0 saturated heterocycles. The second-order valence-corrected chi connectivity index (χ2v) is 3.09.